The number of anilines is 2. The molecule has 2 atom stereocenters. The number of fused-ring (bicyclic) bond motifs is 2. The van der Waals surface area contributed by atoms with Crippen molar-refractivity contribution < 1.29 is 4.79 Å². The molecule has 2 aromatic rings. The highest BCUT2D eigenvalue weighted by atomic mass is 35.5. The third-order valence-corrected chi connectivity index (χ3v) is 4.59. The number of piperazine rings is 1. The molecule has 2 bridgehead atoms. The maximum atomic E-state index is 12.4. The SMILES string of the molecule is O=C(Nc1cccc(Cl)c1)c1cncc(N2CC3CC(C2)N3)c1. The number of pyridine rings is 1. The summed E-state index contributed by atoms with van der Waals surface area (Å²) < 4.78 is 0. The Labute approximate surface area is 139 Å². The maximum absolute atomic E-state index is 12.4. The second kappa shape index (κ2) is 5.83. The zero-order chi connectivity index (χ0) is 15.8. The minimum atomic E-state index is -0.179. The molecule has 1 aromatic carbocycles. The number of halogens is 1. The Morgan fingerprint density at radius 2 is 2.04 bits per heavy atom. The summed E-state index contributed by atoms with van der Waals surface area (Å²) in [7, 11) is 0. The lowest BCUT2D eigenvalue weighted by atomic mass is 9.91. The van der Waals surface area contributed by atoms with Crippen molar-refractivity contribution in [3.05, 3.63) is 53.3 Å². The van der Waals surface area contributed by atoms with E-state index in [2.05, 4.69) is 20.5 Å². The molecule has 3 aliphatic rings. The first kappa shape index (κ1) is 14.5. The van der Waals surface area contributed by atoms with Crippen LogP contribution in [-0.4, -0.2) is 36.1 Å². The second-order valence-electron chi connectivity index (χ2n) is 6.10. The monoisotopic (exact) mass is 328 g/mol. The molecule has 23 heavy (non-hydrogen) atoms. The van der Waals surface area contributed by atoms with Crippen molar-refractivity contribution >= 4 is 28.9 Å². The van der Waals surface area contributed by atoms with Gasteiger partial charge in [-0.05, 0) is 30.7 Å². The zero-order valence-corrected chi connectivity index (χ0v) is 13.3. The average molecular weight is 329 g/mol. The third kappa shape index (κ3) is 3.02. The highest BCUT2D eigenvalue weighted by Gasteiger charge is 2.36. The molecule has 6 heteroatoms. The Hall–Kier alpha value is -2.11. The lowest BCUT2D eigenvalue weighted by Gasteiger charge is -2.49. The van der Waals surface area contributed by atoms with Crippen LogP contribution >= 0.6 is 11.6 Å². The molecule has 1 aromatic heterocycles. The molecule has 3 fully saturated rings. The molecule has 2 unspecified atom stereocenters. The minimum Gasteiger partial charge on any atom is -0.367 e. The predicted molar refractivity (Wildman–Crippen MR) is 91.2 cm³/mol. The van der Waals surface area contributed by atoms with Crippen LogP contribution in [0.1, 0.15) is 16.8 Å². The van der Waals surface area contributed by atoms with Gasteiger partial charge in [0.25, 0.3) is 5.91 Å². The highest BCUT2D eigenvalue weighted by molar-refractivity contribution is 6.30. The molecule has 0 saturated carbocycles. The molecule has 5 nitrogen and oxygen atoms in total. The number of hydrogen-bond acceptors (Lipinski definition) is 4. The summed E-state index contributed by atoms with van der Waals surface area (Å²) in [4.78, 5) is 18.9. The van der Waals surface area contributed by atoms with Gasteiger partial charge < -0.3 is 15.5 Å². The van der Waals surface area contributed by atoms with E-state index in [4.69, 9.17) is 11.6 Å². The summed E-state index contributed by atoms with van der Waals surface area (Å²) in [5.74, 6) is -0.179. The zero-order valence-electron chi connectivity index (χ0n) is 12.5. The van der Waals surface area contributed by atoms with Gasteiger partial charge in [0.2, 0.25) is 0 Å². The maximum Gasteiger partial charge on any atom is 0.257 e. The van der Waals surface area contributed by atoms with Gasteiger partial charge in [0.1, 0.15) is 0 Å². The van der Waals surface area contributed by atoms with Crippen LogP contribution in [0.25, 0.3) is 0 Å². The van der Waals surface area contributed by atoms with Gasteiger partial charge in [-0.15, -0.1) is 0 Å². The lowest BCUT2D eigenvalue weighted by Crippen LogP contribution is -2.67. The van der Waals surface area contributed by atoms with Gasteiger partial charge in [-0.25, -0.2) is 0 Å². The van der Waals surface area contributed by atoms with Gasteiger partial charge in [-0.2, -0.15) is 0 Å². The summed E-state index contributed by atoms with van der Waals surface area (Å²) in [6.45, 7) is 1.94. The molecule has 1 amide bonds. The van der Waals surface area contributed by atoms with Crippen molar-refractivity contribution in [2.45, 2.75) is 18.5 Å². The van der Waals surface area contributed by atoms with Crippen LogP contribution in [-0.2, 0) is 0 Å². The fourth-order valence-electron chi connectivity index (χ4n) is 3.22. The molecule has 0 aliphatic carbocycles. The first-order chi connectivity index (χ1) is 11.2. The van der Waals surface area contributed by atoms with Crippen LogP contribution in [0.4, 0.5) is 11.4 Å². The largest absolute Gasteiger partial charge is 0.367 e. The van der Waals surface area contributed by atoms with E-state index < -0.39 is 0 Å². The smallest absolute Gasteiger partial charge is 0.257 e. The van der Waals surface area contributed by atoms with Crippen LogP contribution in [0.2, 0.25) is 5.02 Å². The summed E-state index contributed by atoms with van der Waals surface area (Å²) in [6, 6.07) is 10.1. The number of carbonyl (C=O) groups is 1. The van der Waals surface area contributed by atoms with Gasteiger partial charge in [-0.1, -0.05) is 17.7 Å². The summed E-state index contributed by atoms with van der Waals surface area (Å²) in [5, 5.41) is 6.95. The fourth-order valence-corrected chi connectivity index (χ4v) is 3.41. The van der Waals surface area contributed by atoms with Crippen LogP contribution in [0.3, 0.4) is 0 Å². The van der Waals surface area contributed by atoms with Crippen molar-refractivity contribution in [2.75, 3.05) is 23.3 Å². The van der Waals surface area contributed by atoms with Crippen LogP contribution < -0.4 is 15.5 Å². The van der Waals surface area contributed by atoms with E-state index in [0.29, 0.717) is 28.4 Å². The predicted octanol–water partition coefficient (Wildman–Crippen LogP) is 2.54. The van der Waals surface area contributed by atoms with E-state index in [9.17, 15) is 4.79 Å². The number of aromatic nitrogens is 1. The summed E-state index contributed by atoms with van der Waals surface area (Å²) in [6.07, 6.45) is 4.66. The molecule has 0 spiro atoms. The number of amides is 1. The molecular weight excluding hydrogens is 312 g/mol. The Bertz CT molecular complexity index is 735. The Morgan fingerprint density at radius 3 is 2.78 bits per heavy atom. The number of carbonyl (C=O) groups excluding carboxylic acids is 1. The third-order valence-electron chi connectivity index (χ3n) is 4.36. The van der Waals surface area contributed by atoms with E-state index >= 15 is 0 Å². The molecule has 4 heterocycles. The van der Waals surface area contributed by atoms with E-state index in [1.54, 1.807) is 24.4 Å². The van der Waals surface area contributed by atoms with E-state index in [1.165, 1.54) is 6.42 Å². The quantitative estimate of drug-likeness (QED) is 0.909. The Kier molecular flexibility index (Phi) is 3.67. The van der Waals surface area contributed by atoms with Crippen molar-refractivity contribution in [1.29, 1.82) is 0 Å². The number of rotatable bonds is 3. The first-order valence-corrected chi connectivity index (χ1v) is 8.08. The molecule has 2 N–H and O–H groups in total. The number of piperidine rings is 1. The van der Waals surface area contributed by atoms with Gasteiger partial charge in [0.15, 0.2) is 0 Å². The van der Waals surface area contributed by atoms with Crippen molar-refractivity contribution in [3.63, 3.8) is 0 Å². The second-order valence-corrected chi connectivity index (χ2v) is 6.53. The molecule has 5 rings (SSSR count). The number of nitrogens with zero attached hydrogens (tertiary/aromatic N) is 2. The van der Waals surface area contributed by atoms with Gasteiger partial charge in [0.05, 0.1) is 17.4 Å². The molecular formula is C17H17ClN4O. The lowest BCUT2D eigenvalue weighted by molar-refractivity contribution is 0.102. The molecule has 0 radical (unpaired) electrons. The fraction of sp³-hybridized carbons (Fsp3) is 0.294. The number of nitrogens with one attached hydrogen (secondary N) is 2. The minimum absolute atomic E-state index is 0.179. The Morgan fingerprint density at radius 1 is 1.26 bits per heavy atom. The van der Waals surface area contributed by atoms with E-state index in [1.807, 2.05) is 18.3 Å². The first-order valence-electron chi connectivity index (χ1n) is 7.70. The van der Waals surface area contributed by atoms with E-state index in [-0.39, 0.29) is 5.91 Å². The normalized spacial score (nSPS) is 22.4. The van der Waals surface area contributed by atoms with Gasteiger partial charge >= 0.3 is 0 Å². The summed E-state index contributed by atoms with van der Waals surface area (Å²) in [5.41, 5.74) is 2.23. The van der Waals surface area contributed by atoms with Gasteiger partial charge in [-0.3, -0.25) is 9.78 Å². The summed E-state index contributed by atoms with van der Waals surface area (Å²) >= 11 is 5.94. The Balaban J connectivity index is 1.50. The van der Waals surface area contributed by atoms with Crippen molar-refractivity contribution in [3.8, 4) is 0 Å². The molecule has 118 valence electrons. The van der Waals surface area contributed by atoms with Gasteiger partial charge in [0, 0.05) is 42.1 Å². The highest BCUT2D eigenvalue weighted by Crippen LogP contribution is 2.26. The molecule has 3 saturated heterocycles. The number of hydrogen-bond donors (Lipinski definition) is 2. The average Bonchev–Trinajstić information content (AvgIpc) is 2.54. The molecule has 3 aliphatic heterocycles. The van der Waals surface area contributed by atoms with Crippen LogP contribution in [0.15, 0.2) is 42.7 Å². The van der Waals surface area contributed by atoms with Crippen LogP contribution in [0, 0.1) is 0 Å². The van der Waals surface area contributed by atoms with E-state index in [0.717, 1.165) is 18.8 Å². The number of benzene rings is 1. The topological polar surface area (TPSA) is 57.3 Å². The van der Waals surface area contributed by atoms with Crippen molar-refractivity contribution in [1.82, 2.24) is 10.3 Å². The van der Waals surface area contributed by atoms with Crippen molar-refractivity contribution in [2.24, 2.45) is 0 Å². The van der Waals surface area contributed by atoms with Crippen LogP contribution in [0.5, 0.6) is 0 Å². The standard InChI is InChI=1S/C17H17ClN4O/c18-12-2-1-3-13(5-12)21-17(23)11-4-16(8-19-7-11)22-9-14-6-15(10-22)20-14/h1-5,7-8,14-15,20H,6,9-10H2,(H,21,23).